The van der Waals surface area contributed by atoms with Gasteiger partial charge in [0.1, 0.15) is 11.5 Å². The molecule has 30 heavy (non-hydrogen) atoms. The van der Waals surface area contributed by atoms with Crippen molar-refractivity contribution in [3.05, 3.63) is 59.2 Å². The van der Waals surface area contributed by atoms with Crippen molar-refractivity contribution in [1.82, 2.24) is 15.5 Å². The molecular formula is C23H32N4O3. The second-order valence-corrected chi connectivity index (χ2v) is 6.76. The molecule has 7 nitrogen and oxygen atoms in total. The number of hydrogen-bond acceptors (Lipinski definition) is 4. The third kappa shape index (κ3) is 6.40. The summed E-state index contributed by atoms with van der Waals surface area (Å²) in [5.74, 6) is 2.27. The molecule has 2 rings (SSSR count). The van der Waals surface area contributed by atoms with E-state index in [0.717, 1.165) is 35.1 Å². The molecule has 0 heterocycles. The lowest BCUT2D eigenvalue weighted by molar-refractivity contribution is 0.0956. The fourth-order valence-corrected chi connectivity index (χ4v) is 2.97. The molecule has 7 heteroatoms. The molecule has 0 atom stereocenters. The Hall–Kier alpha value is -3.22. The largest absolute Gasteiger partial charge is 0.497 e. The van der Waals surface area contributed by atoms with E-state index in [0.29, 0.717) is 25.2 Å². The zero-order chi connectivity index (χ0) is 21.9. The average molecular weight is 413 g/mol. The number of benzene rings is 2. The van der Waals surface area contributed by atoms with E-state index in [2.05, 4.69) is 15.5 Å². The number of amides is 1. The minimum atomic E-state index is -0.0611. The molecule has 2 aromatic carbocycles. The van der Waals surface area contributed by atoms with Crippen LogP contribution >= 0.6 is 0 Å². The Bertz CT molecular complexity index is 850. The quantitative estimate of drug-likeness (QED) is 0.489. The number of nitrogens with one attached hydrogen (secondary N) is 2. The number of methoxy groups -OCH3 is 2. The van der Waals surface area contributed by atoms with Crippen LogP contribution in [0.2, 0.25) is 0 Å². The smallest absolute Gasteiger partial charge is 0.251 e. The molecule has 0 aliphatic carbocycles. The molecule has 0 fully saturated rings. The molecule has 2 N–H and O–H groups in total. The van der Waals surface area contributed by atoms with E-state index in [1.165, 1.54) is 0 Å². The summed E-state index contributed by atoms with van der Waals surface area (Å²) in [4.78, 5) is 18.7. The second kappa shape index (κ2) is 11.7. The van der Waals surface area contributed by atoms with E-state index in [9.17, 15) is 4.79 Å². The highest BCUT2D eigenvalue weighted by molar-refractivity contribution is 5.94. The molecule has 0 aromatic heterocycles. The van der Waals surface area contributed by atoms with Crippen LogP contribution in [0.1, 0.15) is 35.3 Å². The molecule has 0 spiro atoms. The summed E-state index contributed by atoms with van der Waals surface area (Å²) in [6, 6.07) is 13.3. The van der Waals surface area contributed by atoms with Crippen molar-refractivity contribution >= 4 is 11.9 Å². The van der Waals surface area contributed by atoms with Crippen LogP contribution in [0, 0.1) is 0 Å². The van der Waals surface area contributed by atoms with Gasteiger partial charge in [0.15, 0.2) is 5.96 Å². The average Bonchev–Trinajstić information content (AvgIpc) is 2.77. The Morgan fingerprint density at radius 3 is 2.30 bits per heavy atom. The SMILES string of the molecule is CCNC(=O)c1ccc(CN=C(NCC)N(C)Cc2ccc(OC)cc2OC)cc1. The Balaban J connectivity index is 2.10. The molecule has 0 radical (unpaired) electrons. The van der Waals surface area contributed by atoms with Crippen LogP contribution in [0.15, 0.2) is 47.5 Å². The Kier molecular flexibility index (Phi) is 9.00. The Morgan fingerprint density at radius 1 is 1.00 bits per heavy atom. The second-order valence-electron chi connectivity index (χ2n) is 6.76. The molecule has 162 valence electrons. The van der Waals surface area contributed by atoms with E-state index in [1.54, 1.807) is 14.2 Å². The van der Waals surface area contributed by atoms with Gasteiger partial charge in [0.2, 0.25) is 0 Å². The van der Waals surface area contributed by atoms with Gasteiger partial charge in [-0.2, -0.15) is 0 Å². The highest BCUT2D eigenvalue weighted by Crippen LogP contribution is 2.25. The van der Waals surface area contributed by atoms with Crippen LogP contribution < -0.4 is 20.1 Å². The standard InChI is InChI=1S/C23H32N4O3/c1-6-24-22(28)18-10-8-17(9-11-18)15-26-23(25-7-2)27(3)16-19-12-13-20(29-4)14-21(19)30-5/h8-14H,6-7,15-16H2,1-5H3,(H,24,28)(H,25,26). The number of nitrogens with zero attached hydrogens (tertiary/aromatic N) is 2. The van der Waals surface area contributed by atoms with Crippen molar-refractivity contribution in [2.24, 2.45) is 4.99 Å². The van der Waals surface area contributed by atoms with Crippen molar-refractivity contribution in [1.29, 1.82) is 0 Å². The maximum atomic E-state index is 11.9. The van der Waals surface area contributed by atoms with Crippen LogP contribution in [-0.4, -0.2) is 51.1 Å². The van der Waals surface area contributed by atoms with Crippen molar-refractivity contribution in [2.75, 3.05) is 34.4 Å². The summed E-state index contributed by atoms with van der Waals surface area (Å²) in [7, 11) is 5.28. The van der Waals surface area contributed by atoms with E-state index < -0.39 is 0 Å². The van der Waals surface area contributed by atoms with Crippen LogP contribution in [0.4, 0.5) is 0 Å². The van der Waals surface area contributed by atoms with Crippen LogP contribution in [0.5, 0.6) is 11.5 Å². The fourth-order valence-electron chi connectivity index (χ4n) is 2.97. The van der Waals surface area contributed by atoms with Crippen LogP contribution in [-0.2, 0) is 13.1 Å². The van der Waals surface area contributed by atoms with Gasteiger partial charge in [-0.3, -0.25) is 4.79 Å². The van der Waals surface area contributed by atoms with E-state index in [-0.39, 0.29) is 5.91 Å². The molecule has 0 saturated carbocycles. The summed E-state index contributed by atoms with van der Waals surface area (Å²) >= 11 is 0. The molecule has 0 bridgehead atoms. The summed E-state index contributed by atoms with van der Waals surface area (Å²) < 4.78 is 10.8. The molecule has 2 aromatic rings. The molecule has 0 aliphatic heterocycles. The maximum absolute atomic E-state index is 11.9. The van der Waals surface area contributed by atoms with Gasteiger partial charge in [-0.1, -0.05) is 12.1 Å². The zero-order valence-corrected chi connectivity index (χ0v) is 18.5. The third-order valence-corrected chi connectivity index (χ3v) is 4.56. The van der Waals surface area contributed by atoms with Crippen LogP contribution in [0.3, 0.4) is 0 Å². The molecule has 0 aliphatic rings. The first-order valence-electron chi connectivity index (χ1n) is 10.1. The predicted octanol–water partition coefficient (Wildman–Crippen LogP) is 3.05. The molecule has 1 amide bonds. The van der Waals surface area contributed by atoms with Gasteiger partial charge in [-0.15, -0.1) is 0 Å². The van der Waals surface area contributed by atoms with Crippen LogP contribution in [0.25, 0.3) is 0 Å². The first-order valence-corrected chi connectivity index (χ1v) is 10.1. The number of ether oxygens (including phenoxy) is 2. The summed E-state index contributed by atoms with van der Waals surface area (Å²) in [5.41, 5.74) is 2.73. The lowest BCUT2D eigenvalue weighted by Gasteiger charge is -2.23. The number of hydrogen-bond donors (Lipinski definition) is 2. The van der Waals surface area contributed by atoms with Gasteiger partial charge in [-0.05, 0) is 43.7 Å². The van der Waals surface area contributed by atoms with E-state index in [1.807, 2.05) is 63.4 Å². The number of rotatable bonds is 9. The van der Waals surface area contributed by atoms with Gasteiger partial charge in [-0.25, -0.2) is 4.99 Å². The van der Waals surface area contributed by atoms with Gasteiger partial charge < -0.3 is 25.0 Å². The Labute approximate surface area is 179 Å². The number of carbonyl (C=O) groups excluding carboxylic acids is 1. The predicted molar refractivity (Wildman–Crippen MR) is 120 cm³/mol. The lowest BCUT2D eigenvalue weighted by Crippen LogP contribution is -2.38. The van der Waals surface area contributed by atoms with Gasteiger partial charge >= 0.3 is 0 Å². The number of aliphatic imine (C=N–C) groups is 1. The van der Waals surface area contributed by atoms with Crippen molar-refractivity contribution in [3.8, 4) is 11.5 Å². The molecule has 0 unspecified atom stereocenters. The van der Waals surface area contributed by atoms with Crippen molar-refractivity contribution in [2.45, 2.75) is 26.9 Å². The fraction of sp³-hybridized carbons (Fsp3) is 0.391. The third-order valence-electron chi connectivity index (χ3n) is 4.56. The normalized spacial score (nSPS) is 11.0. The lowest BCUT2D eigenvalue weighted by atomic mass is 10.1. The first kappa shape index (κ1) is 23.1. The summed E-state index contributed by atoms with van der Waals surface area (Å²) in [5, 5.41) is 6.13. The first-order chi connectivity index (χ1) is 14.5. The van der Waals surface area contributed by atoms with Crippen molar-refractivity contribution < 1.29 is 14.3 Å². The topological polar surface area (TPSA) is 75.2 Å². The Morgan fingerprint density at radius 2 is 1.70 bits per heavy atom. The van der Waals surface area contributed by atoms with E-state index >= 15 is 0 Å². The molecule has 0 saturated heterocycles. The number of carbonyl (C=O) groups is 1. The van der Waals surface area contributed by atoms with Gasteiger partial charge in [0.25, 0.3) is 5.91 Å². The minimum Gasteiger partial charge on any atom is -0.497 e. The van der Waals surface area contributed by atoms with E-state index in [4.69, 9.17) is 14.5 Å². The summed E-state index contributed by atoms with van der Waals surface area (Å²) in [6.45, 7) is 6.47. The van der Waals surface area contributed by atoms with Gasteiger partial charge in [0.05, 0.1) is 20.8 Å². The zero-order valence-electron chi connectivity index (χ0n) is 18.5. The minimum absolute atomic E-state index is 0.0611. The summed E-state index contributed by atoms with van der Waals surface area (Å²) in [6.07, 6.45) is 0. The monoisotopic (exact) mass is 412 g/mol. The maximum Gasteiger partial charge on any atom is 0.251 e. The highest BCUT2D eigenvalue weighted by atomic mass is 16.5. The number of guanidine groups is 1. The molecular weight excluding hydrogens is 380 g/mol. The van der Waals surface area contributed by atoms with Crippen molar-refractivity contribution in [3.63, 3.8) is 0 Å². The van der Waals surface area contributed by atoms with Gasteiger partial charge in [0, 0.05) is 43.9 Å². The highest BCUT2D eigenvalue weighted by Gasteiger charge is 2.11.